The van der Waals surface area contributed by atoms with E-state index in [2.05, 4.69) is 114 Å². The summed E-state index contributed by atoms with van der Waals surface area (Å²) in [6.45, 7) is 0. The molecule has 0 saturated heterocycles. The molecule has 0 aliphatic rings. The van der Waals surface area contributed by atoms with Crippen molar-refractivity contribution in [1.29, 1.82) is 0 Å². The van der Waals surface area contributed by atoms with Crippen molar-refractivity contribution in [3.63, 3.8) is 0 Å². The first-order chi connectivity index (χ1) is 16.3. The lowest BCUT2D eigenvalue weighted by atomic mass is 10.0. The van der Waals surface area contributed by atoms with Crippen LogP contribution in [0.1, 0.15) is 0 Å². The van der Waals surface area contributed by atoms with Crippen LogP contribution in [0.3, 0.4) is 0 Å². The van der Waals surface area contributed by atoms with Crippen molar-refractivity contribution in [3.05, 3.63) is 121 Å². The second kappa shape index (κ2) is 7.99. The molecule has 0 bridgehead atoms. The number of nitrogens with zero attached hydrogens (tertiary/aromatic N) is 1. The van der Waals surface area contributed by atoms with Crippen molar-refractivity contribution < 1.29 is 4.74 Å². The van der Waals surface area contributed by atoms with Crippen molar-refractivity contribution >= 4 is 21.8 Å². The minimum Gasteiger partial charge on any atom is -0.497 e. The van der Waals surface area contributed by atoms with Crippen molar-refractivity contribution in [2.75, 3.05) is 7.11 Å². The summed E-state index contributed by atoms with van der Waals surface area (Å²) in [5.74, 6) is 0.859. The zero-order valence-corrected chi connectivity index (χ0v) is 18.4. The first-order valence-corrected chi connectivity index (χ1v) is 11.2. The van der Waals surface area contributed by atoms with Crippen LogP contribution in [-0.2, 0) is 0 Å². The molecule has 0 atom stereocenters. The standard InChI is InChI=1S/C31H23NO/c1-33-27-16-14-26(15-17-27)32-30-18-12-24(22-8-4-2-5-9-22)20-28(30)29-21-25(13-19-31(29)32)23-10-6-3-7-11-23/h2-21H,1H3. The Labute approximate surface area is 193 Å². The van der Waals surface area contributed by atoms with Crippen molar-refractivity contribution in [3.8, 4) is 33.7 Å². The minimum atomic E-state index is 0.859. The van der Waals surface area contributed by atoms with Crippen molar-refractivity contribution in [1.82, 2.24) is 4.57 Å². The molecule has 6 rings (SSSR count). The van der Waals surface area contributed by atoms with Crippen LogP contribution < -0.4 is 4.74 Å². The van der Waals surface area contributed by atoms with Crippen molar-refractivity contribution in [2.24, 2.45) is 0 Å². The highest BCUT2D eigenvalue weighted by Gasteiger charge is 2.14. The molecule has 158 valence electrons. The molecule has 0 amide bonds. The summed E-state index contributed by atoms with van der Waals surface area (Å²) in [5.41, 5.74) is 8.41. The predicted octanol–water partition coefficient (Wildman–Crippen LogP) is 8.13. The maximum Gasteiger partial charge on any atom is 0.119 e. The molecule has 0 radical (unpaired) electrons. The van der Waals surface area contributed by atoms with Gasteiger partial charge in [-0.1, -0.05) is 72.8 Å². The van der Waals surface area contributed by atoms with Gasteiger partial charge in [0.05, 0.1) is 18.1 Å². The zero-order valence-electron chi connectivity index (χ0n) is 18.4. The van der Waals surface area contributed by atoms with Gasteiger partial charge in [0.1, 0.15) is 5.75 Å². The average molecular weight is 426 g/mol. The van der Waals surface area contributed by atoms with E-state index >= 15 is 0 Å². The number of ether oxygens (including phenoxy) is 1. The number of rotatable bonds is 4. The number of aromatic nitrogens is 1. The van der Waals surface area contributed by atoms with Crippen LogP contribution in [0.5, 0.6) is 5.75 Å². The Morgan fingerprint density at radius 2 is 0.970 bits per heavy atom. The Morgan fingerprint density at radius 3 is 1.42 bits per heavy atom. The summed E-state index contributed by atoms with van der Waals surface area (Å²) in [6.07, 6.45) is 0. The van der Waals surface area contributed by atoms with Crippen LogP contribution in [0.4, 0.5) is 0 Å². The lowest BCUT2D eigenvalue weighted by molar-refractivity contribution is 0.415. The van der Waals surface area contributed by atoms with Gasteiger partial charge in [0, 0.05) is 16.5 Å². The SMILES string of the molecule is COc1ccc(-n2c3ccc(-c4ccccc4)cc3c3cc(-c4ccccc4)ccc32)cc1. The molecule has 0 fully saturated rings. The predicted molar refractivity (Wildman–Crippen MR) is 138 cm³/mol. The third kappa shape index (κ3) is 3.37. The number of fused-ring (bicyclic) bond motifs is 3. The van der Waals surface area contributed by atoms with Crippen molar-refractivity contribution in [2.45, 2.75) is 0 Å². The Balaban J connectivity index is 1.64. The molecule has 6 aromatic rings. The summed E-state index contributed by atoms with van der Waals surface area (Å²) in [5, 5.41) is 2.50. The van der Waals surface area contributed by atoms with E-state index in [-0.39, 0.29) is 0 Å². The number of hydrogen-bond acceptors (Lipinski definition) is 1. The molecule has 0 N–H and O–H groups in total. The monoisotopic (exact) mass is 425 g/mol. The molecule has 0 unspecified atom stereocenters. The third-order valence-corrected chi connectivity index (χ3v) is 6.31. The Hall–Kier alpha value is -4.30. The van der Waals surface area contributed by atoms with Crippen LogP contribution in [-0.4, -0.2) is 11.7 Å². The van der Waals surface area contributed by atoms with Gasteiger partial charge in [0.15, 0.2) is 0 Å². The summed E-state index contributed by atoms with van der Waals surface area (Å²) < 4.78 is 7.72. The van der Waals surface area contributed by atoms with Gasteiger partial charge in [-0.25, -0.2) is 0 Å². The highest BCUT2D eigenvalue weighted by molar-refractivity contribution is 6.11. The summed E-state index contributed by atoms with van der Waals surface area (Å²) >= 11 is 0. The lowest BCUT2D eigenvalue weighted by Crippen LogP contribution is -1.94. The van der Waals surface area contributed by atoms with Gasteiger partial charge >= 0.3 is 0 Å². The summed E-state index contributed by atoms with van der Waals surface area (Å²) in [4.78, 5) is 0. The van der Waals surface area contributed by atoms with E-state index in [4.69, 9.17) is 4.74 Å². The van der Waals surface area contributed by atoms with E-state index in [1.54, 1.807) is 7.11 Å². The molecule has 0 aliphatic carbocycles. The summed E-state index contributed by atoms with van der Waals surface area (Å²) in [6, 6.07) is 43.0. The van der Waals surface area contributed by atoms with Crippen LogP contribution in [0.25, 0.3) is 49.7 Å². The first kappa shape index (κ1) is 19.4. The lowest BCUT2D eigenvalue weighted by Gasteiger charge is -2.09. The number of hydrogen-bond donors (Lipinski definition) is 0. The molecule has 2 nitrogen and oxygen atoms in total. The normalized spacial score (nSPS) is 11.2. The quantitative estimate of drug-likeness (QED) is 0.278. The molecule has 0 spiro atoms. The van der Waals surface area contributed by atoms with Crippen LogP contribution in [0.2, 0.25) is 0 Å². The highest BCUT2D eigenvalue weighted by Crippen LogP contribution is 2.37. The van der Waals surface area contributed by atoms with Gasteiger partial charge in [-0.15, -0.1) is 0 Å². The second-order valence-electron chi connectivity index (χ2n) is 8.23. The fourth-order valence-corrected chi connectivity index (χ4v) is 4.65. The van der Waals surface area contributed by atoms with Gasteiger partial charge in [-0.2, -0.15) is 0 Å². The number of benzene rings is 5. The zero-order chi connectivity index (χ0) is 22.2. The third-order valence-electron chi connectivity index (χ3n) is 6.31. The van der Waals surface area contributed by atoms with E-state index < -0.39 is 0 Å². The van der Waals surface area contributed by atoms with E-state index in [1.807, 2.05) is 12.1 Å². The fraction of sp³-hybridized carbons (Fsp3) is 0.0323. The van der Waals surface area contributed by atoms with E-state index in [0.717, 1.165) is 11.4 Å². The molecule has 0 aliphatic heterocycles. The molecule has 5 aromatic carbocycles. The largest absolute Gasteiger partial charge is 0.497 e. The van der Waals surface area contributed by atoms with Crippen LogP contribution >= 0.6 is 0 Å². The molecule has 2 heteroatoms. The van der Waals surface area contributed by atoms with Crippen LogP contribution in [0, 0.1) is 0 Å². The second-order valence-corrected chi connectivity index (χ2v) is 8.23. The first-order valence-electron chi connectivity index (χ1n) is 11.2. The van der Waals surface area contributed by atoms with E-state index in [0.29, 0.717) is 0 Å². The summed E-state index contributed by atoms with van der Waals surface area (Å²) in [7, 11) is 1.70. The molecule has 33 heavy (non-hydrogen) atoms. The molecule has 1 heterocycles. The molecule has 1 aromatic heterocycles. The maximum atomic E-state index is 5.38. The van der Waals surface area contributed by atoms with Gasteiger partial charge in [-0.3, -0.25) is 0 Å². The van der Waals surface area contributed by atoms with Crippen LogP contribution in [0.15, 0.2) is 121 Å². The van der Waals surface area contributed by atoms with E-state index in [1.165, 1.54) is 44.1 Å². The molecule has 0 saturated carbocycles. The smallest absolute Gasteiger partial charge is 0.119 e. The van der Waals surface area contributed by atoms with E-state index in [9.17, 15) is 0 Å². The van der Waals surface area contributed by atoms with Gasteiger partial charge in [0.25, 0.3) is 0 Å². The minimum absolute atomic E-state index is 0.859. The maximum absolute atomic E-state index is 5.38. The average Bonchev–Trinajstić information content (AvgIpc) is 3.23. The topological polar surface area (TPSA) is 14.2 Å². The van der Waals surface area contributed by atoms with Gasteiger partial charge in [-0.05, 0) is 70.8 Å². The Kier molecular flexibility index (Phi) is 4.70. The van der Waals surface area contributed by atoms with Gasteiger partial charge in [0.2, 0.25) is 0 Å². The highest BCUT2D eigenvalue weighted by atomic mass is 16.5. The molecular formula is C31H23NO. The fourth-order valence-electron chi connectivity index (χ4n) is 4.65. The van der Waals surface area contributed by atoms with Gasteiger partial charge < -0.3 is 9.30 Å². The Morgan fingerprint density at radius 1 is 0.485 bits per heavy atom. The Bertz CT molecular complexity index is 1470. The molecular weight excluding hydrogens is 402 g/mol. The number of methoxy groups -OCH3 is 1.